The third-order valence-corrected chi connectivity index (χ3v) is 4.28. The monoisotopic (exact) mass is 256 g/mol. The van der Waals surface area contributed by atoms with Gasteiger partial charge in [0.2, 0.25) is 0 Å². The van der Waals surface area contributed by atoms with Crippen LogP contribution >= 0.6 is 0 Å². The second-order valence-corrected chi connectivity index (χ2v) is 5.14. The van der Waals surface area contributed by atoms with E-state index in [1.807, 2.05) is 0 Å². The lowest BCUT2D eigenvalue weighted by Crippen LogP contribution is -2.68. The summed E-state index contributed by atoms with van der Waals surface area (Å²) in [6.45, 7) is 0.161. The molecule has 2 atom stereocenters. The Kier molecular flexibility index (Phi) is 3.75. The molecule has 0 heterocycles. The van der Waals surface area contributed by atoms with Crippen LogP contribution in [0.3, 0.4) is 0 Å². The van der Waals surface area contributed by atoms with Crippen LogP contribution in [-0.2, 0) is 9.53 Å². The van der Waals surface area contributed by atoms with Crippen molar-refractivity contribution in [2.45, 2.75) is 44.2 Å². The van der Waals surface area contributed by atoms with Gasteiger partial charge < -0.3 is 20.5 Å². The third kappa shape index (κ3) is 2.29. The zero-order valence-electron chi connectivity index (χ0n) is 10.6. The maximum absolute atomic E-state index is 11.6. The van der Waals surface area contributed by atoms with E-state index in [1.54, 1.807) is 7.11 Å². The number of urea groups is 1. The van der Waals surface area contributed by atoms with Gasteiger partial charge in [-0.25, -0.2) is 4.79 Å². The number of rotatable bonds is 5. The SMILES string of the molecule is COC1CC(NC(=O)NCCC(=O)O)C12CCC2. The van der Waals surface area contributed by atoms with E-state index in [9.17, 15) is 9.59 Å². The summed E-state index contributed by atoms with van der Waals surface area (Å²) in [4.78, 5) is 21.9. The summed E-state index contributed by atoms with van der Waals surface area (Å²) in [7, 11) is 1.72. The first-order valence-electron chi connectivity index (χ1n) is 6.37. The first-order chi connectivity index (χ1) is 8.58. The molecule has 0 aromatic rings. The zero-order valence-corrected chi connectivity index (χ0v) is 10.6. The van der Waals surface area contributed by atoms with E-state index >= 15 is 0 Å². The molecule has 2 saturated carbocycles. The van der Waals surface area contributed by atoms with Crippen LogP contribution in [0.25, 0.3) is 0 Å². The van der Waals surface area contributed by atoms with Gasteiger partial charge in [0.05, 0.1) is 12.5 Å². The first kappa shape index (κ1) is 13.1. The average Bonchev–Trinajstić information content (AvgIpc) is 2.20. The lowest BCUT2D eigenvalue weighted by Gasteiger charge is -2.60. The van der Waals surface area contributed by atoms with Crippen LogP contribution in [0, 0.1) is 5.41 Å². The Balaban J connectivity index is 1.73. The number of hydrogen-bond donors (Lipinski definition) is 3. The second-order valence-electron chi connectivity index (χ2n) is 5.14. The van der Waals surface area contributed by atoms with Crippen molar-refractivity contribution in [2.24, 2.45) is 5.41 Å². The molecule has 3 N–H and O–H groups in total. The number of nitrogens with one attached hydrogen (secondary N) is 2. The summed E-state index contributed by atoms with van der Waals surface area (Å²) in [6.07, 6.45) is 4.46. The molecule has 2 aliphatic carbocycles. The fraction of sp³-hybridized carbons (Fsp3) is 0.833. The van der Waals surface area contributed by atoms with Gasteiger partial charge in [-0.3, -0.25) is 4.79 Å². The molecule has 0 bridgehead atoms. The van der Waals surface area contributed by atoms with E-state index in [0.29, 0.717) is 0 Å². The largest absolute Gasteiger partial charge is 0.481 e. The maximum atomic E-state index is 11.6. The van der Waals surface area contributed by atoms with Gasteiger partial charge in [0, 0.05) is 25.1 Å². The van der Waals surface area contributed by atoms with Crippen molar-refractivity contribution in [2.75, 3.05) is 13.7 Å². The van der Waals surface area contributed by atoms with Gasteiger partial charge in [0.15, 0.2) is 0 Å². The van der Waals surface area contributed by atoms with Crippen molar-refractivity contribution in [3.8, 4) is 0 Å². The Labute approximate surface area is 106 Å². The molecule has 6 nitrogen and oxygen atoms in total. The van der Waals surface area contributed by atoms with Gasteiger partial charge in [0.25, 0.3) is 0 Å². The summed E-state index contributed by atoms with van der Waals surface area (Å²) in [5.41, 5.74) is 0.138. The number of carbonyl (C=O) groups excluding carboxylic acids is 1. The molecular weight excluding hydrogens is 236 g/mol. The molecule has 2 aliphatic rings. The summed E-state index contributed by atoms with van der Waals surface area (Å²) >= 11 is 0. The highest BCUT2D eigenvalue weighted by Gasteiger charge is 2.59. The normalized spacial score (nSPS) is 28.1. The molecule has 2 amide bonds. The minimum Gasteiger partial charge on any atom is -0.481 e. The predicted octanol–water partition coefficient (Wildman–Crippen LogP) is 0.718. The van der Waals surface area contributed by atoms with Gasteiger partial charge in [-0.2, -0.15) is 0 Å². The van der Waals surface area contributed by atoms with Crippen LogP contribution in [0.1, 0.15) is 32.1 Å². The number of hydrogen-bond acceptors (Lipinski definition) is 3. The first-order valence-corrected chi connectivity index (χ1v) is 6.37. The molecule has 2 rings (SSSR count). The zero-order chi connectivity index (χ0) is 13.2. The summed E-state index contributed by atoms with van der Waals surface area (Å²) in [6, 6.07) is -0.108. The minimum atomic E-state index is -0.908. The highest BCUT2D eigenvalue weighted by Crippen LogP contribution is 2.57. The molecule has 0 aromatic carbocycles. The second kappa shape index (κ2) is 5.14. The van der Waals surface area contributed by atoms with E-state index in [0.717, 1.165) is 19.3 Å². The molecule has 0 aromatic heterocycles. The van der Waals surface area contributed by atoms with Crippen LogP contribution < -0.4 is 10.6 Å². The number of carbonyl (C=O) groups is 2. The highest BCUT2D eigenvalue weighted by molar-refractivity contribution is 5.75. The van der Waals surface area contributed by atoms with Gasteiger partial charge >= 0.3 is 12.0 Å². The number of methoxy groups -OCH3 is 1. The number of ether oxygens (including phenoxy) is 1. The van der Waals surface area contributed by atoms with Gasteiger partial charge in [-0.05, 0) is 19.3 Å². The average molecular weight is 256 g/mol. The molecule has 2 unspecified atom stereocenters. The number of carboxylic acid groups (broad SMARTS) is 1. The van der Waals surface area contributed by atoms with Crippen LogP contribution in [0.15, 0.2) is 0 Å². The number of carboxylic acids is 1. The fourth-order valence-corrected chi connectivity index (χ4v) is 3.03. The molecule has 0 aliphatic heterocycles. The van der Waals surface area contributed by atoms with E-state index < -0.39 is 5.97 Å². The van der Waals surface area contributed by atoms with E-state index in [-0.39, 0.29) is 36.6 Å². The maximum Gasteiger partial charge on any atom is 0.315 e. The predicted molar refractivity (Wildman–Crippen MR) is 64.3 cm³/mol. The Hall–Kier alpha value is -1.30. The lowest BCUT2D eigenvalue weighted by molar-refractivity contribution is -0.158. The molecule has 6 heteroatoms. The highest BCUT2D eigenvalue weighted by atomic mass is 16.5. The van der Waals surface area contributed by atoms with Crippen molar-refractivity contribution >= 4 is 12.0 Å². The van der Waals surface area contributed by atoms with E-state index in [1.165, 1.54) is 6.42 Å². The Bertz CT molecular complexity index is 341. The number of aliphatic carboxylic acids is 1. The molecule has 0 saturated heterocycles. The topological polar surface area (TPSA) is 87.7 Å². The van der Waals surface area contributed by atoms with Crippen molar-refractivity contribution in [1.29, 1.82) is 0 Å². The molecule has 2 fully saturated rings. The molecular formula is C12H20N2O4. The summed E-state index contributed by atoms with van der Waals surface area (Å²) in [5.74, 6) is -0.908. The Morgan fingerprint density at radius 2 is 2.17 bits per heavy atom. The van der Waals surface area contributed by atoms with Gasteiger partial charge in [-0.15, -0.1) is 0 Å². The smallest absolute Gasteiger partial charge is 0.315 e. The molecule has 102 valence electrons. The fourth-order valence-electron chi connectivity index (χ4n) is 3.03. The lowest BCUT2D eigenvalue weighted by atomic mass is 9.51. The quantitative estimate of drug-likeness (QED) is 0.676. The Morgan fingerprint density at radius 3 is 2.67 bits per heavy atom. The van der Waals surface area contributed by atoms with Gasteiger partial charge in [0.1, 0.15) is 0 Å². The van der Waals surface area contributed by atoms with Crippen LogP contribution in [0.2, 0.25) is 0 Å². The van der Waals surface area contributed by atoms with E-state index in [2.05, 4.69) is 10.6 Å². The van der Waals surface area contributed by atoms with E-state index in [4.69, 9.17) is 9.84 Å². The number of amides is 2. The Morgan fingerprint density at radius 1 is 1.44 bits per heavy atom. The summed E-state index contributed by atoms with van der Waals surface area (Å²) in [5, 5.41) is 14.0. The summed E-state index contributed by atoms with van der Waals surface area (Å²) < 4.78 is 5.42. The standard InChI is InChI=1S/C12H20N2O4/c1-18-9-7-8(12(9)4-2-5-12)14-11(17)13-6-3-10(15)16/h8-9H,2-7H2,1H3,(H,15,16)(H2,13,14,17). The van der Waals surface area contributed by atoms with Crippen LogP contribution in [0.4, 0.5) is 4.79 Å². The third-order valence-electron chi connectivity index (χ3n) is 4.28. The van der Waals surface area contributed by atoms with Crippen molar-refractivity contribution in [3.63, 3.8) is 0 Å². The van der Waals surface area contributed by atoms with Crippen molar-refractivity contribution < 1.29 is 19.4 Å². The molecule has 1 spiro atoms. The van der Waals surface area contributed by atoms with Crippen molar-refractivity contribution in [3.05, 3.63) is 0 Å². The van der Waals surface area contributed by atoms with Crippen LogP contribution in [0.5, 0.6) is 0 Å². The molecule has 0 radical (unpaired) electrons. The molecule has 18 heavy (non-hydrogen) atoms. The van der Waals surface area contributed by atoms with Crippen LogP contribution in [-0.4, -0.2) is 42.9 Å². The minimum absolute atomic E-state index is 0.0517. The van der Waals surface area contributed by atoms with Gasteiger partial charge in [-0.1, -0.05) is 6.42 Å². The van der Waals surface area contributed by atoms with Crippen molar-refractivity contribution in [1.82, 2.24) is 10.6 Å².